The fourth-order valence-electron chi connectivity index (χ4n) is 4.57. The fraction of sp³-hybridized carbons (Fsp3) is 0.500. The third-order valence-corrected chi connectivity index (χ3v) is 12.4. The topological polar surface area (TPSA) is 84.9 Å². The molecule has 1 fully saturated rings. The summed E-state index contributed by atoms with van der Waals surface area (Å²) in [6.45, 7) is 8.33. The van der Waals surface area contributed by atoms with Gasteiger partial charge >= 0.3 is 10.3 Å². The second kappa shape index (κ2) is 9.75. The molecular weight excluding hydrogens is 442 g/mol. The number of aliphatic hydroxyl groups excluding tert-OH is 1. The minimum Gasteiger partial charge on any atom is -0.405 e. The summed E-state index contributed by atoms with van der Waals surface area (Å²) < 4.78 is 39.1. The van der Waals surface area contributed by atoms with Crippen LogP contribution in [0.2, 0.25) is 5.04 Å². The fourth-order valence-corrected chi connectivity index (χ4v) is 10.4. The van der Waals surface area contributed by atoms with E-state index in [1.807, 2.05) is 43.3 Å². The highest BCUT2D eigenvalue weighted by Crippen LogP contribution is 2.38. The Labute approximate surface area is 193 Å². The summed E-state index contributed by atoms with van der Waals surface area (Å²) in [5.74, 6) is 0. The number of unbranched alkanes of at least 4 members (excludes halogenated alkanes) is 1. The number of benzene rings is 2. The normalized spacial score (nSPS) is 23.7. The van der Waals surface area contributed by atoms with Crippen LogP contribution >= 0.6 is 0 Å². The van der Waals surface area contributed by atoms with Gasteiger partial charge in [-0.25, -0.2) is 0 Å². The lowest BCUT2D eigenvalue weighted by molar-refractivity contribution is -0.0166. The quantitative estimate of drug-likeness (QED) is 0.571. The van der Waals surface area contributed by atoms with E-state index >= 15 is 0 Å². The van der Waals surface area contributed by atoms with Gasteiger partial charge in [-0.2, -0.15) is 13.1 Å². The molecule has 1 aliphatic rings. The molecule has 0 aromatic heterocycles. The summed E-state index contributed by atoms with van der Waals surface area (Å²) in [4.78, 5) is 0. The molecule has 0 radical (unpaired) electrons. The van der Waals surface area contributed by atoms with Crippen LogP contribution in [0.15, 0.2) is 60.7 Å². The van der Waals surface area contributed by atoms with Crippen molar-refractivity contribution in [1.82, 2.24) is 4.72 Å². The average Bonchev–Trinajstić information content (AvgIpc) is 2.76. The molecule has 8 heteroatoms. The van der Waals surface area contributed by atoms with Gasteiger partial charge in [0.1, 0.15) is 6.10 Å². The molecule has 0 aliphatic carbocycles. The Morgan fingerprint density at radius 2 is 1.62 bits per heavy atom. The lowest BCUT2D eigenvalue weighted by Gasteiger charge is -2.47. The van der Waals surface area contributed by atoms with Crippen molar-refractivity contribution >= 4 is 29.0 Å². The molecule has 32 heavy (non-hydrogen) atoms. The van der Waals surface area contributed by atoms with Crippen molar-refractivity contribution in [1.29, 1.82) is 0 Å². The van der Waals surface area contributed by atoms with Gasteiger partial charge < -0.3 is 9.53 Å². The Kier molecular flexibility index (Phi) is 7.64. The monoisotopic (exact) mass is 477 g/mol. The van der Waals surface area contributed by atoms with Crippen LogP contribution in [0.5, 0.6) is 0 Å². The van der Waals surface area contributed by atoms with Crippen molar-refractivity contribution in [2.75, 3.05) is 13.2 Å². The van der Waals surface area contributed by atoms with Crippen LogP contribution < -0.4 is 15.1 Å². The number of aliphatic hydroxyl groups is 1. The van der Waals surface area contributed by atoms with E-state index in [2.05, 4.69) is 49.8 Å². The van der Waals surface area contributed by atoms with E-state index in [1.54, 1.807) is 0 Å². The predicted octanol–water partition coefficient (Wildman–Crippen LogP) is 2.72. The Bertz CT molecular complexity index is 939. The SMILES string of the molecule is CCCC[C@]1(CO[Si](c2ccccc2)(c2ccccc2)C(C)(C)C)NS(=O)(=O)OC[C@@H]1O. The van der Waals surface area contributed by atoms with Crippen LogP contribution in [0, 0.1) is 0 Å². The third kappa shape index (κ3) is 5.00. The molecule has 3 rings (SSSR count). The van der Waals surface area contributed by atoms with Gasteiger partial charge in [0, 0.05) is 0 Å². The second-order valence-electron chi connectivity index (χ2n) is 9.57. The highest BCUT2D eigenvalue weighted by molar-refractivity contribution is 7.84. The van der Waals surface area contributed by atoms with Crippen molar-refractivity contribution in [2.24, 2.45) is 0 Å². The van der Waals surface area contributed by atoms with Crippen LogP contribution in [-0.2, 0) is 18.9 Å². The standard InChI is InChI=1S/C24H35NO5SSi/c1-5-6-17-24(22(26)18-29-31(27,28)25-24)19-30-32(23(2,3)4,20-13-9-7-10-14-20)21-15-11-8-12-16-21/h7-16,22,25-26H,5-6,17-19H2,1-4H3/t22-,24+/m0/s1. The summed E-state index contributed by atoms with van der Waals surface area (Å²) in [6.07, 6.45) is 1.08. The lowest BCUT2D eigenvalue weighted by atomic mass is 9.89. The second-order valence-corrected chi connectivity index (χ2v) is 15.2. The molecule has 0 unspecified atom stereocenters. The summed E-state index contributed by atoms with van der Waals surface area (Å²) in [5, 5.41) is 12.9. The zero-order chi connectivity index (χ0) is 23.5. The van der Waals surface area contributed by atoms with Crippen molar-refractivity contribution in [2.45, 2.75) is 63.6 Å². The smallest absolute Gasteiger partial charge is 0.336 e. The summed E-state index contributed by atoms with van der Waals surface area (Å²) >= 11 is 0. The van der Waals surface area contributed by atoms with E-state index in [4.69, 9.17) is 8.61 Å². The Hall–Kier alpha value is -1.55. The Balaban J connectivity index is 2.12. The lowest BCUT2D eigenvalue weighted by Crippen LogP contribution is -2.71. The molecule has 2 N–H and O–H groups in total. The molecule has 0 bridgehead atoms. The summed E-state index contributed by atoms with van der Waals surface area (Å²) in [6, 6.07) is 20.4. The van der Waals surface area contributed by atoms with E-state index in [1.165, 1.54) is 0 Å². The van der Waals surface area contributed by atoms with Crippen molar-refractivity contribution in [3.05, 3.63) is 60.7 Å². The van der Waals surface area contributed by atoms with E-state index in [0.717, 1.165) is 23.2 Å². The Morgan fingerprint density at radius 3 is 2.09 bits per heavy atom. The first kappa shape index (κ1) is 25.1. The van der Waals surface area contributed by atoms with Gasteiger partial charge in [-0.15, -0.1) is 0 Å². The van der Waals surface area contributed by atoms with E-state index in [9.17, 15) is 13.5 Å². The van der Waals surface area contributed by atoms with Crippen LogP contribution in [0.1, 0.15) is 47.0 Å². The van der Waals surface area contributed by atoms with Crippen LogP contribution in [-0.4, -0.2) is 46.7 Å². The first-order valence-corrected chi connectivity index (χ1v) is 14.5. The number of nitrogens with one attached hydrogen (secondary N) is 1. The van der Waals surface area contributed by atoms with Gasteiger partial charge in [0.05, 0.1) is 18.8 Å². The van der Waals surface area contributed by atoms with Crippen LogP contribution in [0.25, 0.3) is 0 Å². The molecule has 0 amide bonds. The van der Waals surface area contributed by atoms with Crippen molar-refractivity contribution in [3.8, 4) is 0 Å². The van der Waals surface area contributed by atoms with Gasteiger partial charge in [-0.3, -0.25) is 4.18 Å². The van der Waals surface area contributed by atoms with Crippen LogP contribution in [0.3, 0.4) is 0 Å². The number of hydrogen-bond donors (Lipinski definition) is 2. The average molecular weight is 478 g/mol. The molecule has 0 saturated carbocycles. The summed E-state index contributed by atoms with van der Waals surface area (Å²) in [5.41, 5.74) is -1.14. The summed E-state index contributed by atoms with van der Waals surface area (Å²) in [7, 11) is -6.84. The van der Waals surface area contributed by atoms with Crippen molar-refractivity contribution in [3.63, 3.8) is 0 Å². The molecule has 1 heterocycles. The van der Waals surface area contributed by atoms with Gasteiger partial charge in [0.25, 0.3) is 8.32 Å². The minimum absolute atomic E-state index is 0.0596. The van der Waals surface area contributed by atoms with Gasteiger partial charge in [0.2, 0.25) is 0 Å². The zero-order valence-electron chi connectivity index (χ0n) is 19.4. The molecule has 2 aromatic rings. The molecule has 6 nitrogen and oxygen atoms in total. The minimum atomic E-state index is -3.96. The van der Waals surface area contributed by atoms with Crippen molar-refractivity contribution < 1.29 is 22.1 Å². The molecule has 0 spiro atoms. The largest absolute Gasteiger partial charge is 0.405 e. The van der Waals surface area contributed by atoms with Gasteiger partial charge in [-0.05, 0) is 21.8 Å². The molecule has 1 saturated heterocycles. The maximum absolute atomic E-state index is 12.3. The molecule has 2 aromatic carbocycles. The Morgan fingerprint density at radius 1 is 1.09 bits per heavy atom. The van der Waals surface area contributed by atoms with Crippen LogP contribution in [0.4, 0.5) is 0 Å². The molecule has 2 atom stereocenters. The van der Waals surface area contributed by atoms with E-state index in [0.29, 0.717) is 6.42 Å². The first-order valence-electron chi connectivity index (χ1n) is 11.2. The number of hydrogen-bond acceptors (Lipinski definition) is 5. The van der Waals surface area contributed by atoms with E-state index < -0.39 is 30.3 Å². The predicted molar refractivity (Wildman–Crippen MR) is 130 cm³/mol. The van der Waals surface area contributed by atoms with Gasteiger partial charge in [-0.1, -0.05) is 101 Å². The first-order chi connectivity index (χ1) is 15.1. The third-order valence-electron chi connectivity index (χ3n) is 6.29. The van der Waals surface area contributed by atoms with E-state index in [-0.39, 0.29) is 18.3 Å². The maximum Gasteiger partial charge on any atom is 0.336 e. The molecule has 176 valence electrons. The zero-order valence-corrected chi connectivity index (χ0v) is 21.2. The van der Waals surface area contributed by atoms with Gasteiger partial charge in [0.15, 0.2) is 0 Å². The molecular formula is C24H35NO5SSi. The number of rotatable bonds is 8. The highest BCUT2D eigenvalue weighted by Gasteiger charge is 2.53. The maximum atomic E-state index is 12.3. The molecule has 1 aliphatic heterocycles. The highest BCUT2D eigenvalue weighted by atomic mass is 32.2.